The second-order valence-corrected chi connectivity index (χ2v) is 6.14. The van der Waals surface area contributed by atoms with Gasteiger partial charge in [0.25, 0.3) is 5.56 Å². The van der Waals surface area contributed by atoms with Gasteiger partial charge in [0.15, 0.2) is 0 Å². The van der Waals surface area contributed by atoms with Gasteiger partial charge < -0.3 is 5.32 Å². The van der Waals surface area contributed by atoms with Crippen LogP contribution in [0, 0.1) is 17.2 Å². The molecule has 1 saturated carbocycles. The van der Waals surface area contributed by atoms with Crippen LogP contribution in [0.15, 0.2) is 15.8 Å². The fourth-order valence-electron chi connectivity index (χ4n) is 2.92. The summed E-state index contributed by atoms with van der Waals surface area (Å²) in [5.41, 5.74) is -1.41. The third-order valence-electron chi connectivity index (χ3n) is 4.38. The van der Waals surface area contributed by atoms with Gasteiger partial charge in [0, 0.05) is 18.8 Å². The predicted octanol–water partition coefficient (Wildman–Crippen LogP) is 0.596. The zero-order chi connectivity index (χ0) is 17.0. The van der Waals surface area contributed by atoms with E-state index in [9.17, 15) is 14.4 Å². The Labute approximate surface area is 134 Å². The fourth-order valence-corrected chi connectivity index (χ4v) is 2.92. The number of aromatic nitrogens is 2. The fraction of sp³-hybridized carbons (Fsp3) is 0.625. The number of hydrogen-bond acceptors (Lipinski definition) is 4. The SMILES string of the molecule is CCn1cc(C#N)c(=O)n(CC(=O)NC2CCC(C)CC2)c1=O. The summed E-state index contributed by atoms with van der Waals surface area (Å²) < 4.78 is 2.10. The van der Waals surface area contributed by atoms with E-state index in [1.54, 1.807) is 13.0 Å². The van der Waals surface area contributed by atoms with Gasteiger partial charge in [-0.25, -0.2) is 9.36 Å². The van der Waals surface area contributed by atoms with Crippen molar-refractivity contribution in [1.29, 1.82) is 5.26 Å². The number of nitrogens with zero attached hydrogens (tertiary/aromatic N) is 3. The number of nitriles is 1. The number of aryl methyl sites for hydroxylation is 1. The highest BCUT2D eigenvalue weighted by Gasteiger charge is 2.21. The second kappa shape index (κ2) is 7.27. The summed E-state index contributed by atoms with van der Waals surface area (Å²) in [5, 5.41) is 11.9. The van der Waals surface area contributed by atoms with Crippen molar-refractivity contribution in [2.45, 2.75) is 58.7 Å². The van der Waals surface area contributed by atoms with E-state index < -0.39 is 11.2 Å². The summed E-state index contributed by atoms with van der Waals surface area (Å²) in [4.78, 5) is 36.5. The molecule has 124 valence electrons. The summed E-state index contributed by atoms with van der Waals surface area (Å²) in [5.74, 6) is 0.316. The molecule has 0 aromatic carbocycles. The van der Waals surface area contributed by atoms with E-state index in [4.69, 9.17) is 5.26 Å². The lowest BCUT2D eigenvalue weighted by Crippen LogP contribution is -2.46. The molecule has 1 heterocycles. The number of amides is 1. The highest BCUT2D eigenvalue weighted by atomic mass is 16.2. The molecule has 1 amide bonds. The number of carbonyl (C=O) groups excluding carboxylic acids is 1. The first-order valence-electron chi connectivity index (χ1n) is 8.00. The van der Waals surface area contributed by atoms with Crippen LogP contribution < -0.4 is 16.6 Å². The van der Waals surface area contributed by atoms with Crippen molar-refractivity contribution in [3.8, 4) is 6.07 Å². The lowest BCUT2D eigenvalue weighted by atomic mass is 9.87. The highest BCUT2D eigenvalue weighted by molar-refractivity contribution is 5.76. The summed E-state index contributed by atoms with van der Waals surface area (Å²) in [7, 11) is 0. The van der Waals surface area contributed by atoms with E-state index in [0.717, 1.165) is 30.3 Å². The van der Waals surface area contributed by atoms with E-state index in [1.165, 1.54) is 10.8 Å². The molecule has 1 fully saturated rings. The molecule has 2 rings (SSSR count). The predicted molar refractivity (Wildman–Crippen MR) is 84.9 cm³/mol. The lowest BCUT2D eigenvalue weighted by molar-refractivity contribution is -0.122. The van der Waals surface area contributed by atoms with E-state index in [2.05, 4.69) is 12.2 Å². The average molecular weight is 318 g/mol. The topological polar surface area (TPSA) is 96.9 Å². The molecule has 0 radical (unpaired) electrons. The molecule has 7 heteroatoms. The van der Waals surface area contributed by atoms with Crippen molar-refractivity contribution in [3.05, 3.63) is 32.6 Å². The molecular formula is C16H22N4O3. The van der Waals surface area contributed by atoms with Gasteiger partial charge in [-0.15, -0.1) is 0 Å². The van der Waals surface area contributed by atoms with Gasteiger partial charge in [-0.05, 0) is 38.5 Å². The Morgan fingerprint density at radius 2 is 2.00 bits per heavy atom. The zero-order valence-corrected chi connectivity index (χ0v) is 13.5. The molecule has 1 aromatic rings. The van der Waals surface area contributed by atoms with Crippen molar-refractivity contribution < 1.29 is 4.79 Å². The normalized spacial score (nSPS) is 20.7. The van der Waals surface area contributed by atoms with Crippen LogP contribution in [0.1, 0.15) is 45.1 Å². The zero-order valence-electron chi connectivity index (χ0n) is 13.5. The quantitative estimate of drug-likeness (QED) is 0.879. The van der Waals surface area contributed by atoms with Gasteiger partial charge in [0.05, 0.1) is 0 Å². The minimum atomic E-state index is -0.713. The summed E-state index contributed by atoms with van der Waals surface area (Å²) in [6.07, 6.45) is 5.20. The molecule has 1 aliphatic carbocycles. The highest BCUT2D eigenvalue weighted by Crippen LogP contribution is 2.23. The molecule has 0 atom stereocenters. The Morgan fingerprint density at radius 1 is 1.35 bits per heavy atom. The van der Waals surface area contributed by atoms with Gasteiger partial charge in [-0.2, -0.15) is 5.26 Å². The largest absolute Gasteiger partial charge is 0.352 e. The van der Waals surface area contributed by atoms with E-state index in [0.29, 0.717) is 12.5 Å². The number of rotatable bonds is 4. The minimum absolute atomic E-state index is 0.0990. The molecule has 1 aliphatic rings. The molecule has 0 unspecified atom stereocenters. The maximum atomic E-state index is 12.2. The number of carbonyl (C=O) groups is 1. The van der Waals surface area contributed by atoms with Crippen molar-refractivity contribution in [2.75, 3.05) is 0 Å². The van der Waals surface area contributed by atoms with E-state index >= 15 is 0 Å². The maximum absolute atomic E-state index is 12.2. The smallest absolute Gasteiger partial charge is 0.331 e. The molecule has 1 N–H and O–H groups in total. The molecule has 0 bridgehead atoms. The molecule has 7 nitrogen and oxygen atoms in total. The van der Waals surface area contributed by atoms with Crippen molar-refractivity contribution >= 4 is 5.91 Å². The summed E-state index contributed by atoms with van der Waals surface area (Å²) >= 11 is 0. The lowest BCUT2D eigenvalue weighted by Gasteiger charge is -2.26. The molecule has 0 aliphatic heterocycles. The summed E-state index contributed by atoms with van der Waals surface area (Å²) in [6.45, 7) is 3.91. The Hall–Kier alpha value is -2.36. The van der Waals surface area contributed by atoms with Gasteiger partial charge in [0.1, 0.15) is 18.2 Å². The average Bonchev–Trinajstić information content (AvgIpc) is 2.54. The Kier molecular flexibility index (Phi) is 5.37. The molecule has 0 spiro atoms. The van der Waals surface area contributed by atoms with Gasteiger partial charge in [0.2, 0.25) is 5.91 Å². The van der Waals surface area contributed by atoms with Crippen LogP contribution in [0.2, 0.25) is 0 Å². The van der Waals surface area contributed by atoms with Crippen LogP contribution in [-0.2, 0) is 17.9 Å². The van der Waals surface area contributed by atoms with Crippen LogP contribution in [-0.4, -0.2) is 21.1 Å². The molecule has 1 aromatic heterocycles. The number of nitrogens with one attached hydrogen (secondary N) is 1. The third-order valence-corrected chi connectivity index (χ3v) is 4.38. The second-order valence-electron chi connectivity index (χ2n) is 6.14. The van der Waals surface area contributed by atoms with Crippen molar-refractivity contribution in [3.63, 3.8) is 0 Å². The molecular weight excluding hydrogens is 296 g/mol. The van der Waals surface area contributed by atoms with Crippen LogP contribution >= 0.6 is 0 Å². The third kappa shape index (κ3) is 3.89. The minimum Gasteiger partial charge on any atom is -0.352 e. The van der Waals surface area contributed by atoms with Gasteiger partial charge in [-0.3, -0.25) is 14.2 Å². The Morgan fingerprint density at radius 3 is 2.57 bits per heavy atom. The van der Waals surface area contributed by atoms with Crippen LogP contribution in [0.5, 0.6) is 0 Å². The number of hydrogen-bond donors (Lipinski definition) is 1. The maximum Gasteiger partial charge on any atom is 0.331 e. The van der Waals surface area contributed by atoms with Crippen molar-refractivity contribution in [1.82, 2.24) is 14.5 Å². The first kappa shape index (κ1) is 17.0. The monoisotopic (exact) mass is 318 g/mol. The first-order chi connectivity index (χ1) is 11.0. The van der Waals surface area contributed by atoms with Gasteiger partial charge >= 0.3 is 5.69 Å². The van der Waals surface area contributed by atoms with Crippen molar-refractivity contribution in [2.24, 2.45) is 5.92 Å². The van der Waals surface area contributed by atoms with Crippen LogP contribution in [0.25, 0.3) is 0 Å². The molecule has 23 heavy (non-hydrogen) atoms. The standard InChI is InChI=1S/C16H22N4O3/c1-3-19-9-12(8-17)15(22)20(16(19)23)10-14(21)18-13-6-4-11(2)5-7-13/h9,11,13H,3-7,10H2,1-2H3,(H,18,21). The van der Waals surface area contributed by atoms with Crippen LogP contribution in [0.3, 0.4) is 0 Å². The Balaban J connectivity index is 2.16. The Bertz CT molecular complexity index is 733. The first-order valence-corrected chi connectivity index (χ1v) is 8.00. The molecule has 0 saturated heterocycles. The van der Waals surface area contributed by atoms with E-state index in [-0.39, 0.29) is 24.1 Å². The van der Waals surface area contributed by atoms with E-state index in [1.807, 2.05) is 0 Å². The summed E-state index contributed by atoms with van der Waals surface area (Å²) in [6, 6.07) is 1.87. The van der Waals surface area contributed by atoms with Crippen LogP contribution in [0.4, 0.5) is 0 Å². The van der Waals surface area contributed by atoms with Gasteiger partial charge in [-0.1, -0.05) is 6.92 Å².